The summed E-state index contributed by atoms with van der Waals surface area (Å²) in [4.78, 5) is 13.3. The van der Waals surface area contributed by atoms with Crippen LogP contribution in [0.1, 0.15) is 27.2 Å². The summed E-state index contributed by atoms with van der Waals surface area (Å²) in [5, 5.41) is 9.66. The number of anilines is 1. The lowest BCUT2D eigenvalue weighted by Gasteiger charge is -2.34. The molecule has 1 amide bonds. The van der Waals surface area contributed by atoms with Gasteiger partial charge in [-0.15, -0.1) is 0 Å². The monoisotopic (exact) mass is 496 g/mol. The Labute approximate surface area is 207 Å². The van der Waals surface area contributed by atoms with Gasteiger partial charge < -0.3 is 14.7 Å². The number of methoxy groups -OCH3 is 1. The Morgan fingerprint density at radius 2 is 1.51 bits per heavy atom. The second-order valence-corrected chi connectivity index (χ2v) is 11.0. The van der Waals surface area contributed by atoms with Crippen molar-refractivity contribution in [3.8, 4) is 16.9 Å². The summed E-state index contributed by atoms with van der Waals surface area (Å²) in [6.45, 7) is 5.74. The van der Waals surface area contributed by atoms with E-state index in [-0.39, 0.29) is 18.0 Å². The lowest BCUT2D eigenvalue weighted by molar-refractivity contribution is 0.100. The van der Waals surface area contributed by atoms with E-state index < -0.39 is 21.7 Å². The quantitative estimate of drug-likeness (QED) is 0.409. The highest BCUT2D eigenvalue weighted by Crippen LogP contribution is 2.37. The first-order valence-electron chi connectivity index (χ1n) is 11.4. The zero-order valence-corrected chi connectivity index (χ0v) is 21.3. The molecule has 0 saturated heterocycles. The van der Waals surface area contributed by atoms with E-state index in [0.717, 1.165) is 5.56 Å². The zero-order chi connectivity index (χ0) is 25.6. The van der Waals surface area contributed by atoms with Gasteiger partial charge in [0.05, 0.1) is 17.7 Å². The predicted octanol–water partition coefficient (Wildman–Crippen LogP) is 5.73. The molecule has 3 aromatic rings. The van der Waals surface area contributed by atoms with Gasteiger partial charge in [-0.3, -0.25) is 4.31 Å². The average Bonchev–Trinajstić information content (AvgIpc) is 2.83. The molecule has 186 valence electrons. The number of sulfonamides is 1. The molecule has 8 heteroatoms. The number of hydrogen-bond acceptors (Lipinski definition) is 4. The number of benzene rings is 3. The fourth-order valence-electron chi connectivity index (χ4n) is 3.89. The largest absolute Gasteiger partial charge is 0.497 e. The van der Waals surface area contributed by atoms with Crippen LogP contribution in [-0.4, -0.2) is 50.3 Å². The second kappa shape index (κ2) is 10.8. The van der Waals surface area contributed by atoms with Gasteiger partial charge >= 0.3 is 6.09 Å². The van der Waals surface area contributed by atoms with E-state index in [2.05, 4.69) is 0 Å². The molecular formula is C27H32N2O5S. The third-order valence-electron chi connectivity index (χ3n) is 5.67. The summed E-state index contributed by atoms with van der Waals surface area (Å²) >= 11 is 0. The van der Waals surface area contributed by atoms with E-state index in [9.17, 15) is 18.3 Å². The minimum absolute atomic E-state index is 0.100. The summed E-state index contributed by atoms with van der Waals surface area (Å²) in [7, 11) is -2.37. The van der Waals surface area contributed by atoms with Crippen molar-refractivity contribution in [3.05, 3.63) is 78.9 Å². The van der Waals surface area contributed by atoms with Gasteiger partial charge in [0.15, 0.2) is 0 Å². The number of hydrogen-bond donors (Lipinski definition) is 1. The number of carbonyl (C=O) groups is 1. The summed E-state index contributed by atoms with van der Waals surface area (Å²) in [5.41, 5.74) is 1.44. The lowest BCUT2D eigenvalue weighted by Crippen LogP contribution is -2.46. The van der Waals surface area contributed by atoms with Gasteiger partial charge in [-0.05, 0) is 63.1 Å². The third kappa shape index (κ3) is 6.14. The molecule has 0 spiro atoms. The summed E-state index contributed by atoms with van der Waals surface area (Å²) in [6.07, 6.45) is -0.722. The lowest BCUT2D eigenvalue weighted by atomic mass is 10.0. The van der Waals surface area contributed by atoms with Crippen molar-refractivity contribution in [3.63, 3.8) is 0 Å². The highest BCUT2D eigenvalue weighted by molar-refractivity contribution is 7.92. The molecule has 0 aliphatic carbocycles. The Morgan fingerprint density at radius 3 is 2.06 bits per heavy atom. The first kappa shape index (κ1) is 26.1. The standard InChI is InChI=1S/C27H32N2O5S/c1-27(2,3)28(26(30)31)18-11-19-29(35(32,33)23-14-9-6-10-15-23)25-17-16-22(34-4)20-24(25)21-12-7-5-8-13-21/h5-10,12-17,20H,11,18-19H2,1-4H3,(H,30,31). The normalized spacial score (nSPS) is 11.7. The molecule has 0 aromatic heterocycles. The molecule has 7 nitrogen and oxygen atoms in total. The van der Waals surface area contributed by atoms with Crippen molar-refractivity contribution in [1.82, 2.24) is 4.90 Å². The van der Waals surface area contributed by atoms with Crippen molar-refractivity contribution in [2.45, 2.75) is 37.6 Å². The van der Waals surface area contributed by atoms with Crippen LogP contribution in [0.25, 0.3) is 11.1 Å². The van der Waals surface area contributed by atoms with Crippen LogP contribution < -0.4 is 9.04 Å². The van der Waals surface area contributed by atoms with Crippen molar-refractivity contribution in [2.24, 2.45) is 0 Å². The minimum atomic E-state index is -3.93. The Balaban J connectivity index is 2.09. The Bertz CT molecular complexity index is 1240. The predicted molar refractivity (Wildman–Crippen MR) is 139 cm³/mol. The topological polar surface area (TPSA) is 87.2 Å². The van der Waals surface area contributed by atoms with Crippen LogP contribution in [0.15, 0.2) is 83.8 Å². The fraction of sp³-hybridized carbons (Fsp3) is 0.296. The van der Waals surface area contributed by atoms with Gasteiger partial charge in [-0.25, -0.2) is 13.2 Å². The molecule has 3 rings (SSSR count). The van der Waals surface area contributed by atoms with Gasteiger partial charge in [0.25, 0.3) is 10.0 Å². The molecule has 0 fully saturated rings. The average molecular weight is 497 g/mol. The second-order valence-electron chi connectivity index (χ2n) is 9.10. The number of amides is 1. The van der Waals surface area contributed by atoms with E-state index in [1.165, 1.54) is 9.21 Å². The van der Waals surface area contributed by atoms with Gasteiger partial charge in [-0.1, -0.05) is 48.5 Å². The third-order valence-corrected chi connectivity index (χ3v) is 7.50. The van der Waals surface area contributed by atoms with E-state index in [4.69, 9.17) is 4.74 Å². The van der Waals surface area contributed by atoms with Crippen LogP contribution >= 0.6 is 0 Å². The molecule has 1 N–H and O–H groups in total. The summed E-state index contributed by atoms with van der Waals surface area (Å²) in [6, 6.07) is 23.0. The fourth-order valence-corrected chi connectivity index (χ4v) is 5.43. The van der Waals surface area contributed by atoms with E-state index in [1.54, 1.807) is 49.6 Å². The number of ether oxygens (including phenoxy) is 1. The van der Waals surface area contributed by atoms with Crippen molar-refractivity contribution >= 4 is 21.8 Å². The Kier molecular flexibility index (Phi) is 8.07. The van der Waals surface area contributed by atoms with Crippen LogP contribution in [-0.2, 0) is 10.0 Å². The van der Waals surface area contributed by atoms with Crippen LogP contribution in [0.3, 0.4) is 0 Å². The van der Waals surface area contributed by atoms with Crippen molar-refractivity contribution in [2.75, 3.05) is 24.5 Å². The highest BCUT2D eigenvalue weighted by Gasteiger charge is 2.29. The molecule has 3 aromatic carbocycles. The molecule has 0 aliphatic rings. The maximum absolute atomic E-state index is 13.8. The number of rotatable bonds is 9. The SMILES string of the molecule is COc1ccc(N(CCCN(C(=O)O)C(C)(C)C)S(=O)(=O)c2ccccc2)c(-c2ccccc2)c1. The molecule has 0 bridgehead atoms. The van der Waals surface area contributed by atoms with Gasteiger partial charge in [0.1, 0.15) is 5.75 Å². The molecule has 0 heterocycles. The number of nitrogens with zero attached hydrogens (tertiary/aromatic N) is 2. The first-order chi connectivity index (χ1) is 16.6. The van der Waals surface area contributed by atoms with Crippen LogP contribution in [0.2, 0.25) is 0 Å². The van der Waals surface area contributed by atoms with Crippen LogP contribution in [0.5, 0.6) is 5.75 Å². The minimum Gasteiger partial charge on any atom is -0.497 e. The number of carboxylic acid groups (broad SMARTS) is 1. The van der Waals surface area contributed by atoms with Gasteiger partial charge in [-0.2, -0.15) is 0 Å². The van der Waals surface area contributed by atoms with Crippen LogP contribution in [0, 0.1) is 0 Å². The molecular weight excluding hydrogens is 464 g/mol. The molecule has 0 saturated carbocycles. The maximum atomic E-state index is 13.8. The first-order valence-corrected chi connectivity index (χ1v) is 12.8. The molecule has 0 aliphatic heterocycles. The van der Waals surface area contributed by atoms with Crippen molar-refractivity contribution < 1.29 is 23.1 Å². The molecule has 0 atom stereocenters. The summed E-state index contributed by atoms with van der Waals surface area (Å²) < 4.78 is 34.5. The van der Waals surface area contributed by atoms with Gasteiger partial charge in [0, 0.05) is 24.2 Å². The van der Waals surface area contributed by atoms with Crippen molar-refractivity contribution in [1.29, 1.82) is 0 Å². The van der Waals surface area contributed by atoms with Gasteiger partial charge in [0.2, 0.25) is 0 Å². The zero-order valence-electron chi connectivity index (χ0n) is 20.5. The molecule has 0 radical (unpaired) electrons. The Hall–Kier alpha value is -3.52. The highest BCUT2D eigenvalue weighted by atomic mass is 32.2. The molecule has 35 heavy (non-hydrogen) atoms. The summed E-state index contributed by atoms with van der Waals surface area (Å²) in [5.74, 6) is 0.606. The van der Waals surface area contributed by atoms with Crippen LogP contribution in [0.4, 0.5) is 10.5 Å². The van der Waals surface area contributed by atoms with E-state index >= 15 is 0 Å². The van der Waals surface area contributed by atoms with E-state index in [1.807, 2.05) is 57.2 Å². The smallest absolute Gasteiger partial charge is 0.407 e. The van der Waals surface area contributed by atoms with E-state index in [0.29, 0.717) is 23.4 Å². The Morgan fingerprint density at radius 1 is 0.914 bits per heavy atom. The molecule has 0 unspecified atom stereocenters. The maximum Gasteiger partial charge on any atom is 0.407 e.